The maximum absolute atomic E-state index is 12.0. The molecule has 1 saturated carbocycles. The van der Waals surface area contributed by atoms with Gasteiger partial charge in [0.25, 0.3) is 0 Å². The smallest absolute Gasteiger partial charge is 0.321 e. The lowest BCUT2D eigenvalue weighted by molar-refractivity contribution is -0.152. The van der Waals surface area contributed by atoms with Gasteiger partial charge in [0, 0.05) is 6.54 Å². The first-order chi connectivity index (χ1) is 7.88. The van der Waals surface area contributed by atoms with Gasteiger partial charge in [-0.25, -0.2) is 0 Å². The van der Waals surface area contributed by atoms with Crippen LogP contribution in [0.1, 0.15) is 46.5 Å². The molecule has 1 N–H and O–H groups in total. The van der Waals surface area contributed by atoms with E-state index in [0.717, 1.165) is 12.8 Å². The molecule has 17 heavy (non-hydrogen) atoms. The molecule has 0 aliphatic heterocycles. The van der Waals surface area contributed by atoms with Crippen molar-refractivity contribution in [3.8, 4) is 0 Å². The summed E-state index contributed by atoms with van der Waals surface area (Å²) in [6, 6.07) is 0. The fourth-order valence-corrected chi connectivity index (χ4v) is 2.10. The SMILES string of the molecule is CCCC(C)(C)CNC(=O)C1(C(=O)OC)CC1. The second-order valence-corrected chi connectivity index (χ2v) is 5.67. The molecule has 0 heterocycles. The van der Waals surface area contributed by atoms with Gasteiger partial charge in [-0.15, -0.1) is 0 Å². The van der Waals surface area contributed by atoms with E-state index in [-0.39, 0.29) is 11.3 Å². The molecule has 0 aromatic rings. The van der Waals surface area contributed by atoms with Crippen molar-refractivity contribution in [3.63, 3.8) is 0 Å². The average molecular weight is 241 g/mol. The Morgan fingerprint density at radius 1 is 1.35 bits per heavy atom. The molecular formula is C13H23NO3. The van der Waals surface area contributed by atoms with E-state index in [1.165, 1.54) is 7.11 Å². The summed E-state index contributed by atoms with van der Waals surface area (Å²) in [4.78, 5) is 23.5. The van der Waals surface area contributed by atoms with E-state index >= 15 is 0 Å². The lowest BCUT2D eigenvalue weighted by Gasteiger charge is -2.25. The summed E-state index contributed by atoms with van der Waals surface area (Å²) in [5.41, 5.74) is -0.798. The first-order valence-electron chi connectivity index (χ1n) is 6.25. The molecule has 0 saturated heterocycles. The maximum atomic E-state index is 12.0. The second kappa shape index (κ2) is 5.07. The highest BCUT2D eigenvalue weighted by atomic mass is 16.5. The number of ether oxygens (including phenoxy) is 1. The molecule has 1 aliphatic carbocycles. The molecule has 0 unspecified atom stereocenters. The van der Waals surface area contributed by atoms with E-state index in [4.69, 9.17) is 0 Å². The van der Waals surface area contributed by atoms with Gasteiger partial charge in [-0.3, -0.25) is 9.59 Å². The summed E-state index contributed by atoms with van der Waals surface area (Å²) in [6.07, 6.45) is 3.36. The summed E-state index contributed by atoms with van der Waals surface area (Å²) in [5.74, 6) is -0.572. The van der Waals surface area contributed by atoms with Gasteiger partial charge in [0.15, 0.2) is 0 Å². The van der Waals surface area contributed by atoms with Crippen LogP contribution in [-0.4, -0.2) is 25.5 Å². The van der Waals surface area contributed by atoms with Crippen LogP contribution in [0.15, 0.2) is 0 Å². The topological polar surface area (TPSA) is 55.4 Å². The van der Waals surface area contributed by atoms with Crippen LogP contribution in [-0.2, 0) is 14.3 Å². The van der Waals surface area contributed by atoms with Crippen LogP contribution in [0.3, 0.4) is 0 Å². The zero-order valence-electron chi connectivity index (χ0n) is 11.3. The Balaban J connectivity index is 2.48. The summed E-state index contributed by atoms with van der Waals surface area (Å²) >= 11 is 0. The van der Waals surface area contributed by atoms with E-state index < -0.39 is 11.4 Å². The molecule has 0 bridgehead atoms. The number of carbonyl (C=O) groups is 2. The van der Waals surface area contributed by atoms with Crippen molar-refractivity contribution in [1.82, 2.24) is 5.32 Å². The predicted octanol–water partition coefficient (Wildman–Crippen LogP) is 1.88. The molecule has 4 nitrogen and oxygen atoms in total. The summed E-state index contributed by atoms with van der Waals surface area (Å²) in [5, 5.41) is 2.89. The highest BCUT2D eigenvalue weighted by molar-refractivity contribution is 6.05. The number of amides is 1. The molecule has 1 fully saturated rings. The molecule has 98 valence electrons. The second-order valence-electron chi connectivity index (χ2n) is 5.67. The van der Waals surface area contributed by atoms with Gasteiger partial charge in [-0.05, 0) is 24.7 Å². The number of rotatable bonds is 6. The number of methoxy groups -OCH3 is 1. The minimum Gasteiger partial charge on any atom is -0.468 e. The van der Waals surface area contributed by atoms with Crippen LogP contribution in [0.2, 0.25) is 0 Å². The third-order valence-electron chi connectivity index (χ3n) is 3.42. The van der Waals surface area contributed by atoms with Crippen LogP contribution < -0.4 is 5.32 Å². The fourth-order valence-electron chi connectivity index (χ4n) is 2.10. The van der Waals surface area contributed by atoms with Gasteiger partial charge in [-0.2, -0.15) is 0 Å². The van der Waals surface area contributed by atoms with Gasteiger partial charge >= 0.3 is 5.97 Å². The molecule has 1 amide bonds. The maximum Gasteiger partial charge on any atom is 0.321 e. The van der Waals surface area contributed by atoms with Gasteiger partial charge in [0.05, 0.1) is 7.11 Å². The lowest BCUT2D eigenvalue weighted by atomic mass is 9.88. The zero-order valence-corrected chi connectivity index (χ0v) is 11.3. The van der Waals surface area contributed by atoms with Crippen molar-refractivity contribution in [1.29, 1.82) is 0 Å². The molecule has 0 aromatic carbocycles. The van der Waals surface area contributed by atoms with Gasteiger partial charge in [0.1, 0.15) is 5.41 Å². The highest BCUT2D eigenvalue weighted by Gasteiger charge is 2.57. The van der Waals surface area contributed by atoms with Crippen molar-refractivity contribution in [2.45, 2.75) is 46.5 Å². The number of esters is 1. The molecule has 0 atom stereocenters. The Kier molecular flexibility index (Phi) is 4.17. The van der Waals surface area contributed by atoms with Crippen molar-refractivity contribution >= 4 is 11.9 Å². The first kappa shape index (κ1) is 14.0. The Morgan fingerprint density at radius 3 is 2.35 bits per heavy atom. The Bertz CT molecular complexity index is 306. The van der Waals surface area contributed by atoms with Crippen LogP contribution >= 0.6 is 0 Å². The summed E-state index contributed by atoms with van der Waals surface area (Å²) < 4.78 is 4.68. The van der Waals surface area contributed by atoms with Crippen LogP contribution in [0, 0.1) is 10.8 Å². The Hall–Kier alpha value is -1.06. The van der Waals surface area contributed by atoms with Crippen LogP contribution in [0.25, 0.3) is 0 Å². The van der Waals surface area contributed by atoms with E-state index in [1.807, 2.05) is 0 Å². The van der Waals surface area contributed by atoms with Crippen LogP contribution in [0.4, 0.5) is 0 Å². The molecular weight excluding hydrogens is 218 g/mol. The average Bonchev–Trinajstić information content (AvgIpc) is 3.06. The van der Waals surface area contributed by atoms with Gasteiger partial charge in [0.2, 0.25) is 5.91 Å². The number of hydrogen-bond acceptors (Lipinski definition) is 3. The van der Waals surface area contributed by atoms with Gasteiger partial charge < -0.3 is 10.1 Å². The standard InChI is InChI=1S/C13H23NO3/c1-5-6-12(2,3)9-14-10(15)13(7-8-13)11(16)17-4/h5-9H2,1-4H3,(H,14,15). The van der Waals surface area contributed by atoms with Gasteiger partial charge in [-0.1, -0.05) is 27.2 Å². The summed E-state index contributed by atoms with van der Waals surface area (Å²) in [7, 11) is 1.33. The normalized spacial score (nSPS) is 17.4. The van der Waals surface area contributed by atoms with Crippen molar-refractivity contribution < 1.29 is 14.3 Å². The third-order valence-corrected chi connectivity index (χ3v) is 3.42. The number of hydrogen-bond donors (Lipinski definition) is 1. The fraction of sp³-hybridized carbons (Fsp3) is 0.846. The lowest BCUT2D eigenvalue weighted by Crippen LogP contribution is -2.41. The minimum atomic E-state index is -0.878. The van der Waals surface area contributed by atoms with E-state index in [2.05, 4.69) is 30.8 Å². The molecule has 4 heteroatoms. The first-order valence-corrected chi connectivity index (χ1v) is 6.25. The molecule has 0 aromatic heterocycles. The molecule has 1 rings (SSSR count). The minimum absolute atomic E-state index is 0.0800. The zero-order chi connectivity index (χ0) is 13.1. The molecule has 0 radical (unpaired) electrons. The third kappa shape index (κ3) is 3.20. The monoisotopic (exact) mass is 241 g/mol. The van der Waals surface area contributed by atoms with E-state index in [1.54, 1.807) is 0 Å². The highest BCUT2D eigenvalue weighted by Crippen LogP contribution is 2.47. The molecule has 0 spiro atoms. The predicted molar refractivity (Wildman–Crippen MR) is 65.4 cm³/mol. The Morgan fingerprint density at radius 2 is 1.94 bits per heavy atom. The summed E-state index contributed by atoms with van der Waals surface area (Å²) in [6.45, 7) is 6.97. The number of carbonyl (C=O) groups excluding carboxylic acids is 2. The van der Waals surface area contributed by atoms with E-state index in [9.17, 15) is 9.59 Å². The van der Waals surface area contributed by atoms with Crippen molar-refractivity contribution in [3.05, 3.63) is 0 Å². The number of nitrogens with one attached hydrogen (secondary N) is 1. The van der Waals surface area contributed by atoms with Crippen molar-refractivity contribution in [2.75, 3.05) is 13.7 Å². The van der Waals surface area contributed by atoms with Crippen LogP contribution in [0.5, 0.6) is 0 Å². The molecule has 1 aliphatic rings. The Labute approximate surface area is 103 Å². The van der Waals surface area contributed by atoms with E-state index in [0.29, 0.717) is 19.4 Å². The largest absolute Gasteiger partial charge is 0.468 e. The quantitative estimate of drug-likeness (QED) is 0.570. The van der Waals surface area contributed by atoms with Crippen molar-refractivity contribution in [2.24, 2.45) is 10.8 Å².